The number of fused-ring (bicyclic) bond motifs is 3. The minimum Gasteiger partial charge on any atom is -0.166 e. The first-order valence-corrected chi connectivity index (χ1v) is 11.6. The highest BCUT2D eigenvalue weighted by atomic mass is 19.4. The zero-order chi connectivity index (χ0) is 24.0. The first-order valence-electron chi connectivity index (χ1n) is 11.6. The van der Waals surface area contributed by atoms with Crippen molar-refractivity contribution >= 4 is 33.7 Å². The maximum absolute atomic E-state index is 13.3. The molecule has 170 valence electrons. The van der Waals surface area contributed by atoms with Gasteiger partial charge in [0.15, 0.2) is 0 Å². The van der Waals surface area contributed by atoms with Gasteiger partial charge in [-0.1, -0.05) is 103 Å². The Balaban J connectivity index is 1.73. The van der Waals surface area contributed by atoms with E-state index in [1.807, 2.05) is 18.2 Å². The van der Waals surface area contributed by atoms with E-state index in [9.17, 15) is 13.2 Å². The van der Waals surface area contributed by atoms with E-state index in [0.29, 0.717) is 0 Å². The summed E-state index contributed by atoms with van der Waals surface area (Å²) in [6, 6.07) is 28.4. The molecule has 0 aromatic heterocycles. The number of allylic oxidation sites excluding steroid dienone is 2. The molecule has 0 N–H and O–H groups in total. The Morgan fingerprint density at radius 3 is 1.80 bits per heavy atom. The van der Waals surface area contributed by atoms with Gasteiger partial charge in [0.2, 0.25) is 0 Å². The molecule has 6 rings (SSSR count). The number of benzene rings is 5. The van der Waals surface area contributed by atoms with Gasteiger partial charge < -0.3 is 0 Å². The molecule has 0 atom stereocenters. The van der Waals surface area contributed by atoms with Crippen LogP contribution in [-0.4, -0.2) is 0 Å². The maximum Gasteiger partial charge on any atom is 0.416 e. The van der Waals surface area contributed by atoms with Crippen molar-refractivity contribution in [3.8, 4) is 22.3 Å². The normalized spacial score (nSPS) is 13.2. The predicted octanol–water partition coefficient (Wildman–Crippen LogP) is 9.78. The van der Waals surface area contributed by atoms with E-state index >= 15 is 0 Å². The summed E-state index contributed by atoms with van der Waals surface area (Å²) >= 11 is 0. The van der Waals surface area contributed by atoms with Gasteiger partial charge in [-0.05, 0) is 73.5 Å². The van der Waals surface area contributed by atoms with E-state index in [-0.39, 0.29) is 0 Å². The van der Waals surface area contributed by atoms with E-state index < -0.39 is 11.7 Å². The molecule has 5 aromatic rings. The Hall–Kier alpha value is -4.11. The van der Waals surface area contributed by atoms with Crippen molar-refractivity contribution in [1.29, 1.82) is 0 Å². The smallest absolute Gasteiger partial charge is 0.166 e. The molecular formula is C32H21F3. The fraction of sp³-hybridized carbons (Fsp3) is 0.0625. The topological polar surface area (TPSA) is 0 Å². The summed E-state index contributed by atoms with van der Waals surface area (Å²) in [5.41, 5.74) is 5.50. The lowest BCUT2D eigenvalue weighted by Gasteiger charge is -2.21. The SMILES string of the molecule is FC(F)(F)c1ccc(-c2c3c(c(-c4cccc5ccccc45)c4ccccc24)C=CCC=C3)cc1. The second kappa shape index (κ2) is 8.28. The summed E-state index contributed by atoms with van der Waals surface area (Å²) in [5.74, 6) is 0. The van der Waals surface area contributed by atoms with Gasteiger partial charge in [-0.25, -0.2) is 0 Å². The standard InChI is InChI=1S/C32H21F3/c33-32(34,35)23-19-17-22(18-20-23)30-26-12-2-1-3-13-28(26)31(29-15-7-6-14-27(29)30)25-16-8-10-21-9-4-5-11-24(21)25/h2-20H,1H2. The van der Waals surface area contributed by atoms with Crippen LogP contribution in [0.3, 0.4) is 0 Å². The van der Waals surface area contributed by atoms with Crippen molar-refractivity contribution < 1.29 is 13.2 Å². The molecular weight excluding hydrogens is 441 g/mol. The minimum atomic E-state index is -4.36. The van der Waals surface area contributed by atoms with Crippen LogP contribution in [0.4, 0.5) is 13.2 Å². The van der Waals surface area contributed by atoms with Crippen LogP contribution >= 0.6 is 0 Å². The molecule has 3 heteroatoms. The molecule has 1 aliphatic rings. The second-order valence-electron chi connectivity index (χ2n) is 8.77. The lowest BCUT2D eigenvalue weighted by Crippen LogP contribution is -2.04. The lowest BCUT2D eigenvalue weighted by atomic mass is 9.82. The Bertz CT molecular complexity index is 1630. The Kier molecular flexibility index (Phi) is 5.07. The molecule has 0 aliphatic heterocycles. The first kappa shape index (κ1) is 21.4. The van der Waals surface area contributed by atoms with E-state index in [0.717, 1.165) is 50.6 Å². The van der Waals surface area contributed by atoms with Crippen LogP contribution in [0, 0.1) is 0 Å². The van der Waals surface area contributed by atoms with Gasteiger partial charge in [0.1, 0.15) is 0 Å². The molecule has 35 heavy (non-hydrogen) atoms. The third-order valence-corrected chi connectivity index (χ3v) is 6.70. The van der Waals surface area contributed by atoms with Gasteiger partial charge in [0.25, 0.3) is 0 Å². The number of halogens is 3. The van der Waals surface area contributed by atoms with Crippen molar-refractivity contribution in [1.82, 2.24) is 0 Å². The van der Waals surface area contributed by atoms with E-state index in [4.69, 9.17) is 0 Å². The quantitative estimate of drug-likeness (QED) is 0.245. The molecule has 1 aliphatic carbocycles. The molecule has 0 fully saturated rings. The molecule has 0 saturated heterocycles. The van der Waals surface area contributed by atoms with Crippen LogP contribution < -0.4 is 0 Å². The van der Waals surface area contributed by atoms with E-state index in [1.165, 1.54) is 22.9 Å². The summed E-state index contributed by atoms with van der Waals surface area (Å²) in [7, 11) is 0. The van der Waals surface area contributed by atoms with Crippen molar-refractivity contribution in [2.75, 3.05) is 0 Å². The summed E-state index contributed by atoms with van der Waals surface area (Å²) in [6.07, 6.45) is 4.96. The van der Waals surface area contributed by atoms with Crippen LogP contribution in [0.5, 0.6) is 0 Å². The molecule has 0 nitrogen and oxygen atoms in total. The van der Waals surface area contributed by atoms with Crippen LogP contribution in [0.15, 0.2) is 103 Å². The highest BCUT2D eigenvalue weighted by molar-refractivity contribution is 6.15. The third-order valence-electron chi connectivity index (χ3n) is 6.70. The van der Waals surface area contributed by atoms with Crippen LogP contribution in [0.2, 0.25) is 0 Å². The minimum absolute atomic E-state index is 0.639. The zero-order valence-corrected chi connectivity index (χ0v) is 18.8. The summed E-state index contributed by atoms with van der Waals surface area (Å²) in [5, 5.41) is 4.44. The van der Waals surface area contributed by atoms with Gasteiger partial charge in [0.05, 0.1) is 5.56 Å². The third kappa shape index (κ3) is 3.64. The Labute approximate surface area is 201 Å². The van der Waals surface area contributed by atoms with Crippen LogP contribution in [0.1, 0.15) is 23.1 Å². The van der Waals surface area contributed by atoms with Crippen molar-refractivity contribution in [2.45, 2.75) is 12.6 Å². The second-order valence-corrected chi connectivity index (χ2v) is 8.77. The molecule has 0 unspecified atom stereocenters. The average Bonchev–Trinajstić information content (AvgIpc) is 3.12. The molecule has 0 heterocycles. The maximum atomic E-state index is 13.3. The summed E-state index contributed by atoms with van der Waals surface area (Å²) in [4.78, 5) is 0. The van der Waals surface area contributed by atoms with Gasteiger partial charge in [0, 0.05) is 0 Å². The number of hydrogen-bond donors (Lipinski definition) is 0. The fourth-order valence-corrected chi connectivity index (χ4v) is 5.15. The van der Waals surface area contributed by atoms with Crippen molar-refractivity contribution in [2.24, 2.45) is 0 Å². The monoisotopic (exact) mass is 462 g/mol. The molecule has 0 bridgehead atoms. The van der Waals surface area contributed by atoms with Gasteiger partial charge in [-0.2, -0.15) is 13.2 Å². The van der Waals surface area contributed by atoms with Crippen LogP contribution in [0.25, 0.3) is 56.0 Å². The Morgan fingerprint density at radius 1 is 0.543 bits per heavy atom. The van der Waals surface area contributed by atoms with Crippen LogP contribution in [-0.2, 0) is 6.18 Å². The van der Waals surface area contributed by atoms with Crippen molar-refractivity contribution in [3.63, 3.8) is 0 Å². The van der Waals surface area contributed by atoms with E-state index in [2.05, 4.69) is 72.8 Å². The fourth-order valence-electron chi connectivity index (χ4n) is 5.15. The largest absolute Gasteiger partial charge is 0.416 e. The Morgan fingerprint density at radius 2 is 1.11 bits per heavy atom. The molecule has 0 spiro atoms. The highest BCUT2D eigenvalue weighted by Crippen LogP contribution is 2.46. The molecule has 0 saturated carbocycles. The number of hydrogen-bond acceptors (Lipinski definition) is 0. The molecule has 0 radical (unpaired) electrons. The van der Waals surface area contributed by atoms with Gasteiger partial charge >= 0.3 is 6.18 Å². The number of alkyl halides is 3. The predicted molar refractivity (Wildman–Crippen MR) is 140 cm³/mol. The first-order chi connectivity index (χ1) is 17.0. The van der Waals surface area contributed by atoms with Gasteiger partial charge in [-0.3, -0.25) is 0 Å². The lowest BCUT2D eigenvalue weighted by molar-refractivity contribution is -0.137. The van der Waals surface area contributed by atoms with Gasteiger partial charge in [-0.15, -0.1) is 0 Å². The number of rotatable bonds is 2. The average molecular weight is 463 g/mol. The highest BCUT2D eigenvalue weighted by Gasteiger charge is 2.30. The zero-order valence-electron chi connectivity index (χ0n) is 18.8. The molecule has 0 amide bonds. The summed E-state index contributed by atoms with van der Waals surface area (Å²) < 4.78 is 39.8. The van der Waals surface area contributed by atoms with Crippen molar-refractivity contribution in [3.05, 3.63) is 120 Å². The van der Waals surface area contributed by atoms with E-state index in [1.54, 1.807) is 12.1 Å². The molecule has 5 aromatic carbocycles. The summed E-state index contributed by atoms with van der Waals surface area (Å²) in [6.45, 7) is 0.